The van der Waals surface area contributed by atoms with Gasteiger partial charge < -0.3 is 30.6 Å². The number of aromatic nitrogens is 3. The molecule has 2 aliphatic rings. The largest absolute Gasteiger partial charge is 0.446 e. The Hall–Kier alpha value is -3.36. The fraction of sp³-hybridized carbons (Fsp3) is 0.789. The number of carbonyl (C=O) groups excluding carboxylic acids is 4. The van der Waals surface area contributed by atoms with E-state index in [-0.39, 0.29) is 36.1 Å². The summed E-state index contributed by atoms with van der Waals surface area (Å²) in [5.41, 5.74) is 6.72. The molecule has 1 saturated carbocycles. The first-order valence-corrected chi connectivity index (χ1v) is 18.9. The quantitative estimate of drug-likeness (QED) is 0.122. The molecule has 4 amide bonds. The number of ether oxygens (including phenoxy) is 3. The normalized spacial score (nSPS) is 19.2. The molecule has 3 rings (SSSR count). The van der Waals surface area contributed by atoms with Crippen molar-refractivity contribution in [1.29, 1.82) is 0 Å². The van der Waals surface area contributed by atoms with Crippen molar-refractivity contribution in [2.45, 2.75) is 155 Å². The summed E-state index contributed by atoms with van der Waals surface area (Å²) in [6, 6.07) is 0. The molecule has 0 radical (unpaired) electrons. The molecule has 0 bridgehead atoms. The Morgan fingerprint density at radius 1 is 0.942 bits per heavy atom. The number of aryl methyl sites for hydroxylation is 2. The first-order valence-electron chi connectivity index (χ1n) is 18.9. The van der Waals surface area contributed by atoms with Crippen LogP contribution in [0, 0.1) is 11.8 Å². The molecule has 1 fully saturated rings. The van der Waals surface area contributed by atoms with Gasteiger partial charge in [-0.25, -0.2) is 9.48 Å². The van der Waals surface area contributed by atoms with Gasteiger partial charge in [-0.3, -0.25) is 19.3 Å². The molecule has 3 atom stereocenters. The van der Waals surface area contributed by atoms with Crippen LogP contribution in [0.3, 0.4) is 0 Å². The first kappa shape index (κ1) is 43.0. The minimum Gasteiger partial charge on any atom is -0.446 e. The Labute approximate surface area is 310 Å². The lowest BCUT2D eigenvalue weighted by atomic mass is 10.00. The van der Waals surface area contributed by atoms with Crippen LogP contribution in [0.5, 0.6) is 0 Å². The number of alkyl carbamates (subject to hydrolysis) is 1. The van der Waals surface area contributed by atoms with Crippen molar-refractivity contribution in [3.05, 3.63) is 23.5 Å². The van der Waals surface area contributed by atoms with E-state index >= 15 is 0 Å². The van der Waals surface area contributed by atoms with Gasteiger partial charge in [-0.1, -0.05) is 11.3 Å². The molecule has 2 aliphatic carbocycles. The number of allylic oxidation sites excluding steroid dienone is 1. The molecule has 4 N–H and O–H groups in total. The standard InChI is InChI=1S/C38H65N7O7/c1-10-11-32(48)44(26-46)22-16-31(47)41-36(4,5)20-25-51-37(6,7)17-21-40-34(49)52-33-27-12-14-29-30(15-13-28(27)33)45(43-42-29)23-18-38(8,9)50-24-19-35(2,3)39/h10-11,26-28,33H,12-25,39H2,1-9H3,(H,40,49)(H,41,47)/b11-10-. The second-order valence-electron chi connectivity index (χ2n) is 16.9. The Balaban J connectivity index is 1.34. The van der Waals surface area contributed by atoms with E-state index in [9.17, 15) is 19.2 Å². The average Bonchev–Trinajstić information content (AvgIpc) is 3.48. The Bertz CT molecular complexity index is 1380. The molecule has 0 saturated heterocycles. The highest BCUT2D eigenvalue weighted by molar-refractivity contribution is 5.95. The lowest BCUT2D eigenvalue weighted by Crippen LogP contribution is -2.46. The predicted molar refractivity (Wildman–Crippen MR) is 198 cm³/mol. The van der Waals surface area contributed by atoms with Crippen LogP contribution in [0.25, 0.3) is 0 Å². The summed E-state index contributed by atoms with van der Waals surface area (Å²) in [5.74, 6) is -0.0285. The van der Waals surface area contributed by atoms with Gasteiger partial charge in [0.1, 0.15) is 6.10 Å². The first-order chi connectivity index (χ1) is 24.2. The van der Waals surface area contributed by atoms with E-state index in [1.165, 1.54) is 11.8 Å². The van der Waals surface area contributed by atoms with Crippen LogP contribution in [-0.2, 0) is 48.0 Å². The molecular weight excluding hydrogens is 666 g/mol. The van der Waals surface area contributed by atoms with Crippen LogP contribution in [-0.4, -0.2) is 98.9 Å². The van der Waals surface area contributed by atoms with E-state index in [4.69, 9.17) is 19.9 Å². The zero-order chi connectivity index (χ0) is 38.7. The van der Waals surface area contributed by atoms with Crippen molar-refractivity contribution in [3.63, 3.8) is 0 Å². The van der Waals surface area contributed by atoms with Crippen molar-refractivity contribution in [2.75, 3.05) is 26.3 Å². The summed E-state index contributed by atoms with van der Waals surface area (Å²) in [5, 5.41) is 14.8. The smallest absolute Gasteiger partial charge is 0.407 e. The van der Waals surface area contributed by atoms with Crippen LogP contribution >= 0.6 is 0 Å². The van der Waals surface area contributed by atoms with E-state index in [2.05, 4.69) is 34.8 Å². The van der Waals surface area contributed by atoms with Crippen LogP contribution < -0.4 is 16.4 Å². The van der Waals surface area contributed by atoms with Crippen LogP contribution in [0.1, 0.15) is 119 Å². The highest BCUT2D eigenvalue weighted by Crippen LogP contribution is 2.49. The van der Waals surface area contributed by atoms with E-state index in [0.29, 0.717) is 50.8 Å². The second kappa shape index (κ2) is 18.6. The fourth-order valence-electron chi connectivity index (χ4n) is 6.46. The van der Waals surface area contributed by atoms with Gasteiger partial charge in [-0.05, 0) is 120 Å². The Kier molecular flexibility index (Phi) is 15.4. The van der Waals surface area contributed by atoms with Gasteiger partial charge in [-0.2, -0.15) is 0 Å². The third-order valence-electron chi connectivity index (χ3n) is 10.0. The van der Waals surface area contributed by atoms with Gasteiger partial charge in [0.2, 0.25) is 12.3 Å². The van der Waals surface area contributed by atoms with Gasteiger partial charge in [0.05, 0.1) is 22.6 Å². The predicted octanol–water partition coefficient (Wildman–Crippen LogP) is 4.23. The van der Waals surface area contributed by atoms with Crippen LogP contribution in [0.2, 0.25) is 0 Å². The maximum absolute atomic E-state index is 12.8. The van der Waals surface area contributed by atoms with Crippen molar-refractivity contribution in [3.8, 4) is 0 Å². The van der Waals surface area contributed by atoms with E-state index in [0.717, 1.165) is 55.7 Å². The zero-order valence-electron chi connectivity index (χ0n) is 33.1. The van der Waals surface area contributed by atoms with Crippen molar-refractivity contribution in [2.24, 2.45) is 17.6 Å². The van der Waals surface area contributed by atoms with Crippen LogP contribution in [0.15, 0.2) is 12.2 Å². The molecule has 52 heavy (non-hydrogen) atoms. The minimum atomic E-state index is -0.557. The topological polar surface area (TPSA) is 180 Å². The summed E-state index contributed by atoms with van der Waals surface area (Å²) in [6.07, 6.45) is 9.06. The summed E-state index contributed by atoms with van der Waals surface area (Å²) < 4.78 is 20.2. The molecule has 0 aliphatic heterocycles. The molecule has 14 heteroatoms. The lowest BCUT2D eigenvalue weighted by molar-refractivity contribution is -0.135. The average molecular weight is 732 g/mol. The maximum atomic E-state index is 12.8. The number of carbonyl (C=O) groups is 4. The second-order valence-corrected chi connectivity index (χ2v) is 16.9. The number of hydrogen-bond donors (Lipinski definition) is 3. The van der Waals surface area contributed by atoms with Gasteiger partial charge in [0.15, 0.2) is 0 Å². The zero-order valence-corrected chi connectivity index (χ0v) is 33.1. The van der Waals surface area contributed by atoms with E-state index in [1.807, 2.05) is 46.2 Å². The number of nitrogens with two attached hydrogens (primary N) is 1. The molecule has 1 aromatic heterocycles. The SMILES string of the molecule is C/C=C\C(=O)N(C=O)CCC(=O)NC(C)(C)CCOC(C)(C)CCNC(=O)OC1C2CCc3nnn(CCC(C)(C)OCCC(C)(C)N)c3CCC21. The molecule has 3 unspecified atom stereocenters. The fourth-order valence-corrected chi connectivity index (χ4v) is 6.46. The molecule has 1 heterocycles. The third kappa shape index (κ3) is 14.6. The van der Waals surface area contributed by atoms with E-state index < -0.39 is 23.1 Å². The molecule has 1 aromatic rings. The Morgan fingerprint density at radius 2 is 1.58 bits per heavy atom. The molecule has 14 nitrogen and oxygen atoms in total. The van der Waals surface area contributed by atoms with E-state index in [1.54, 1.807) is 13.0 Å². The van der Waals surface area contributed by atoms with Gasteiger partial charge >= 0.3 is 6.09 Å². The summed E-state index contributed by atoms with van der Waals surface area (Å²) in [6.45, 7) is 19.8. The van der Waals surface area contributed by atoms with Crippen molar-refractivity contribution >= 4 is 24.3 Å². The highest BCUT2D eigenvalue weighted by Gasteiger charge is 2.53. The summed E-state index contributed by atoms with van der Waals surface area (Å²) in [7, 11) is 0. The molecule has 294 valence electrons. The monoisotopic (exact) mass is 731 g/mol. The van der Waals surface area contributed by atoms with Gasteiger partial charge in [0.25, 0.3) is 5.91 Å². The summed E-state index contributed by atoms with van der Waals surface area (Å²) in [4.78, 5) is 49.3. The number of nitrogens with zero attached hydrogens (tertiary/aromatic N) is 4. The van der Waals surface area contributed by atoms with Crippen LogP contribution in [0.4, 0.5) is 4.79 Å². The number of amides is 4. The van der Waals surface area contributed by atoms with Crippen molar-refractivity contribution in [1.82, 2.24) is 30.5 Å². The highest BCUT2D eigenvalue weighted by atomic mass is 16.6. The third-order valence-corrected chi connectivity index (χ3v) is 10.0. The molecule has 0 spiro atoms. The molecular formula is C38H65N7O7. The van der Waals surface area contributed by atoms with Crippen molar-refractivity contribution < 1.29 is 33.4 Å². The molecule has 0 aromatic carbocycles. The number of hydrogen-bond acceptors (Lipinski definition) is 10. The number of imide groups is 1. The number of rotatable bonds is 21. The maximum Gasteiger partial charge on any atom is 0.407 e. The Morgan fingerprint density at radius 3 is 2.21 bits per heavy atom. The minimum absolute atomic E-state index is 0.00524. The number of fused-ring (bicyclic) bond motifs is 2. The number of nitrogens with one attached hydrogen (secondary N) is 2. The van der Waals surface area contributed by atoms with Gasteiger partial charge in [0, 0.05) is 62.2 Å². The summed E-state index contributed by atoms with van der Waals surface area (Å²) >= 11 is 0. The lowest BCUT2D eigenvalue weighted by Gasteiger charge is -2.30. The van der Waals surface area contributed by atoms with Gasteiger partial charge in [-0.15, -0.1) is 5.10 Å².